The SMILES string of the molecule is CC(C)C(=O)N[C@H](Cc1ccc(Cl)cc1)C(=O)N1CCN(c2ccccc2NS(C)(=O)=O)CC1. The van der Waals surface area contributed by atoms with Crippen LogP contribution in [0.25, 0.3) is 0 Å². The third-order valence-corrected chi connectivity index (χ3v) is 6.47. The van der Waals surface area contributed by atoms with Gasteiger partial charge in [0, 0.05) is 43.5 Å². The molecule has 10 heteroatoms. The molecule has 1 fully saturated rings. The van der Waals surface area contributed by atoms with Crippen molar-refractivity contribution in [2.45, 2.75) is 26.3 Å². The molecule has 2 amide bonds. The molecule has 1 saturated heterocycles. The number of sulfonamides is 1. The number of para-hydroxylation sites is 2. The minimum Gasteiger partial charge on any atom is -0.366 e. The molecule has 184 valence electrons. The summed E-state index contributed by atoms with van der Waals surface area (Å²) >= 11 is 5.98. The summed E-state index contributed by atoms with van der Waals surface area (Å²) in [4.78, 5) is 29.6. The van der Waals surface area contributed by atoms with Crippen LogP contribution in [0.2, 0.25) is 5.02 Å². The molecule has 1 aliphatic heterocycles. The van der Waals surface area contributed by atoms with Crippen molar-refractivity contribution < 1.29 is 18.0 Å². The third-order valence-electron chi connectivity index (χ3n) is 5.62. The highest BCUT2D eigenvalue weighted by Crippen LogP contribution is 2.27. The van der Waals surface area contributed by atoms with Crippen molar-refractivity contribution in [3.63, 3.8) is 0 Å². The number of carbonyl (C=O) groups excluding carboxylic acids is 2. The van der Waals surface area contributed by atoms with Gasteiger partial charge < -0.3 is 15.1 Å². The fourth-order valence-electron chi connectivity index (χ4n) is 3.82. The number of nitrogens with zero attached hydrogens (tertiary/aromatic N) is 2. The summed E-state index contributed by atoms with van der Waals surface area (Å²) in [5, 5.41) is 3.51. The maximum atomic E-state index is 13.4. The van der Waals surface area contributed by atoms with Gasteiger partial charge in [-0.25, -0.2) is 8.42 Å². The second-order valence-corrected chi connectivity index (χ2v) is 10.9. The monoisotopic (exact) mass is 506 g/mol. The molecule has 0 radical (unpaired) electrons. The summed E-state index contributed by atoms with van der Waals surface area (Å²) in [5.74, 6) is -0.547. The molecular formula is C24H31ClN4O4S. The average Bonchev–Trinajstić information content (AvgIpc) is 2.79. The Labute approximate surface area is 206 Å². The largest absolute Gasteiger partial charge is 0.366 e. The van der Waals surface area contributed by atoms with Crippen LogP contribution in [-0.4, -0.2) is 63.6 Å². The fraction of sp³-hybridized carbons (Fsp3) is 0.417. The first-order valence-electron chi connectivity index (χ1n) is 11.2. The highest BCUT2D eigenvalue weighted by atomic mass is 35.5. The van der Waals surface area contributed by atoms with Gasteiger partial charge >= 0.3 is 0 Å². The van der Waals surface area contributed by atoms with E-state index in [1.807, 2.05) is 24.3 Å². The average molecular weight is 507 g/mol. The third kappa shape index (κ3) is 7.11. The summed E-state index contributed by atoms with van der Waals surface area (Å²) in [7, 11) is -3.41. The molecule has 2 N–H and O–H groups in total. The molecule has 1 aliphatic rings. The van der Waals surface area contributed by atoms with E-state index in [4.69, 9.17) is 11.6 Å². The summed E-state index contributed by atoms with van der Waals surface area (Å²) in [6.45, 7) is 5.58. The number of halogens is 1. The quantitative estimate of drug-likeness (QED) is 0.573. The molecular weight excluding hydrogens is 476 g/mol. The van der Waals surface area contributed by atoms with Gasteiger partial charge in [-0.2, -0.15) is 0 Å². The predicted molar refractivity (Wildman–Crippen MR) is 136 cm³/mol. The van der Waals surface area contributed by atoms with Crippen LogP contribution in [0.4, 0.5) is 11.4 Å². The smallest absolute Gasteiger partial charge is 0.245 e. The van der Waals surface area contributed by atoms with E-state index >= 15 is 0 Å². The Balaban J connectivity index is 1.71. The number of benzene rings is 2. The van der Waals surface area contributed by atoms with Crippen molar-refractivity contribution in [1.29, 1.82) is 0 Å². The lowest BCUT2D eigenvalue weighted by Crippen LogP contribution is -2.56. The number of nitrogens with one attached hydrogen (secondary N) is 2. The van der Waals surface area contributed by atoms with E-state index in [-0.39, 0.29) is 17.7 Å². The molecule has 0 bridgehead atoms. The zero-order valence-corrected chi connectivity index (χ0v) is 21.2. The number of hydrogen-bond donors (Lipinski definition) is 2. The molecule has 0 aromatic heterocycles. The first-order valence-corrected chi connectivity index (χ1v) is 13.5. The van der Waals surface area contributed by atoms with Crippen LogP contribution in [0.3, 0.4) is 0 Å². The van der Waals surface area contributed by atoms with E-state index in [9.17, 15) is 18.0 Å². The summed E-state index contributed by atoms with van der Waals surface area (Å²) < 4.78 is 26.0. The Kier molecular flexibility index (Phi) is 8.43. The molecule has 3 rings (SSSR count). The number of piperazine rings is 1. The van der Waals surface area contributed by atoms with Crippen molar-refractivity contribution in [2.24, 2.45) is 5.92 Å². The Bertz CT molecular complexity index is 1110. The molecule has 2 aromatic carbocycles. The number of carbonyl (C=O) groups is 2. The van der Waals surface area contributed by atoms with Crippen molar-refractivity contribution in [3.05, 3.63) is 59.1 Å². The zero-order valence-electron chi connectivity index (χ0n) is 19.6. The maximum absolute atomic E-state index is 13.4. The second kappa shape index (κ2) is 11.1. The molecule has 8 nitrogen and oxygen atoms in total. The van der Waals surface area contributed by atoms with Gasteiger partial charge in [0.15, 0.2) is 0 Å². The van der Waals surface area contributed by atoms with Gasteiger partial charge in [0.05, 0.1) is 17.6 Å². The van der Waals surface area contributed by atoms with E-state index in [0.29, 0.717) is 43.3 Å². The van der Waals surface area contributed by atoms with Crippen LogP contribution in [0.5, 0.6) is 0 Å². The van der Waals surface area contributed by atoms with Crippen molar-refractivity contribution >= 4 is 44.8 Å². The van der Waals surface area contributed by atoms with Crippen molar-refractivity contribution in [1.82, 2.24) is 10.2 Å². The summed E-state index contributed by atoms with van der Waals surface area (Å²) in [6, 6.07) is 13.8. The Morgan fingerprint density at radius 1 is 1.00 bits per heavy atom. The lowest BCUT2D eigenvalue weighted by atomic mass is 10.0. The molecule has 1 atom stereocenters. The van der Waals surface area contributed by atoms with E-state index in [1.165, 1.54) is 0 Å². The highest BCUT2D eigenvalue weighted by molar-refractivity contribution is 7.92. The Morgan fingerprint density at radius 2 is 1.62 bits per heavy atom. The minimum atomic E-state index is -3.41. The molecule has 0 spiro atoms. The van der Waals surface area contributed by atoms with Gasteiger partial charge in [0.25, 0.3) is 0 Å². The standard InChI is InChI=1S/C24H31ClN4O4S/c1-17(2)23(30)26-21(16-18-8-10-19(25)11-9-18)24(31)29-14-12-28(13-15-29)22-7-5-4-6-20(22)27-34(3,32)33/h4-11,17,21,27H,12-16H2,1-3H3,(H,26,30)/t21-/m1/s1. The van der Waals surface area contributed by atoms with Gasteiger partial charge in [0.1, 0.15) is 6.04 Å². The molecule has 2 aromatic rings. The molecule has 0 aliphatic carbocycles. The van der Waals surface area contributed by atoms with Crippen molar-refractivity contribution in [3.8, 4) is 0 Å². The topological polar surface area (TPSA) is 98.8 Å². The van der Waals surface area contributed by atoms with E-state index in [0.717, 1.165) is 17.5 Å². The van der Waals surface area contributed by atoms with Gasteiger partial charge in [0.2, 0.25) is 21.8 Å². The Hall–Kier alpha value is -2.78. The van der Waals surface area contributed by atoms with E-state index in [2.05, 4.69) is 14.9 Å². The van der Waals surface area contributed by atoms with Gasteiger partial charge in [-0.15, -0.1) is 0 Å². The predicted octanol–water partition coefficient (Wildman–Crippen LogP) is 2.74. The normalized spacial score (nSPS) is 15.2. The number of anilines is 2. The fourth-order valence-corrected chi connectivity index (χ4v) is 4.52. The lowest BCUT2D eigenvalue weighted by Gasteiger charge is -2.38. The highest BCUT2D eigenvalue weighted by Gasteiger charge is 2.30. The molecule has 1 heterocycles. The first-order chi connectivity index (χ1) is 16.0. The van der Waals surface area contributed by atoms with Crippen LogP contribution < -0.4 is 14.9 Å². The number of amides is 2. The van der Waals surface area contributed by atoms with Crippen LogP contribution in [-0.2, 0) is 26.0 Å². The maximum Gasteiger partial charge on any atom is 0.245 e. The molecule has 34 heavy (non-hydrogen) atoms. The summed E-state index contributed by atoms with van der Waals surface area (Å²) in [6.07, 6.45) is 1.49. The Morgan fingerprint density at radius 3 is 2.21 bits per heavy atom. The molecule has 0 unspecified atom stereocenters. The van der Waals surface area contributed by atoms with Gasteiger partial charge in [-0.05, 0) is 29.8 Å². The first kappa shape index (κ1) is 25.8. The van der Waals surface area contributed by atoms with E-state index in [1.54, 1.807) is 43.0 Å². The number of hydrogen-bond acceptors (Lipinski definition) is 5. The zero-order chi connectivity index (χ0) is 24.9. The second-order valence-electron chi connectivity index (χ2n) is 8.75. The van der Waals surface area contributed by atoms with Crippen LogP contribution >= 0.6 is 11.6 Å². The summed E-state index contributed by atoms with van der Waals surface area (Å²) in [5.41, 5.74) is 2.19. The lowest BCUT2D eigenvalue weighted by molar-refractivity contribution is -0.137. The minimum absolute atomic E-state index is 0.133. The van der Waals surface area contributed by atoms with Crippen LogP contribution in [0.1, 0.15) is 19.4 Å². The number of rotatable bonds is 8. The van der Waals surface area contributed by atoms with E-state index < -0.39 is 16.1 Å². The van der Waals surface area contributed by atoms with Gasteiger partial charge in [-0.1, -0.05) is 49.7 Å². The van der Waals surface area contributed by atoms with Gasteiger partial charge in [-0.3, -0.25) is 14.3 Å². The van der Waals surface area contributed by atoms with Crippen LogP contribution in [0, 0.1) is 5.92 Å². The van der Waals surface area contributed by atoms with Crippen LogP contribution in [0.15, 0.2) is 48.5 Å². The van der Waals surface area contributed by atoms with Crippen molar-refractivity contribution in [2.75, 3.05) is 42.1 Å². The molecule has 0 saturated carbocycles.